The predicted molar refractivity (Wildman–Crippen MR) is 108 cm³/mol. The van der Waals surface area contributed by atoms with E-state index in [2.05, 4.69) is 0 Å². The highest BCUT2D eigenvalue weighted by atomic mass is 32.2. The van der Waals surface area contributed by atoms with Gasteiger partial charge in [0.2, 0.25) is 15.9 Å². The molecule has 0 saturated carbocycles. The number of para-hydroxylation sites is 1. The molecule has 1 amide bonds. The summed E-state index contributed by atoms with van der Waals surface area (Å²) in [6, 6.07) is 9.82. The monoisotopic (exact) mass is 436 g/mol. The van der Waals surface area contributed by atoms with E-state index in [1.54, 1.807) is 6.08 Å². The van der Waals surface area contributed by atoms with Gasteiger partial charge in [-0.25, -0.2) is 17.2 Å². The molecule has 160 valence electrons. The fourth-order valence-corrected chi connectivity index (χ4v) is 4.54. The van der Waals surface area contributed by atoms with E-state index in [0.29, 0.717) is 18.4 Å². The molecule has 0 aliphatic carbocycles. The molecule has 1 aliphatic heterocycles. The van der Waals surface area contributed by atoms with Gasteiger partial charge in [0.25, 0.3) is 0 Å². The zero-order valence-electron chi connectivity index (χ0n) is 16.4. The van der Waals surface area contributed by atoms with Crippen molar-refractivity contribution in [3.8, 4) is 5.75 Å². The number of carbonyl (C=O) groups excluding carboxylic acids is 1. The van der Waals surface area contributed by atoms with Gasteiger partial charge in [0.15, 0.2) is 11.6 Å². The van der Waals surface area contributed by atoms with Gasteiger partial charge in [-0.1, -0.05) is 18.2 Å². The molecule has 1 heterocycles. The van der Waals surface area contributed by atoms with E-state index in [9.17, 15) is 22.0 Å². The van der Waals surface area contributed by atoms with E-state index in [0.717, 1.165) is 22.0 Å². The van der Waals surface area contributed by atoms with Crippen LogP contribution >= 0.6 is 0 Å². The summed E-state index contributed by atoms with van der Waals surface area (Å²) >= 11 is 0. The average molecular weight is 436 g/mol. The molecular formula is C21H22F2N2O4S. The molecule has 3 rings (SSSR count). The summed E-state index contributed by atoms with van der Waals surface area (Å²) in [7, 11) is -3.96. The van der Waals surface area contributed by atoms with Crippen molar-refractivity contribution in [2.75, 3.05) is 32.8 Å². The molecule has 2 aromatic carbocycles. The van der Waals surface area contributed by atoms with Crippen molar-refractivity contribution in [3.05, 3.63) is 65.7 Å². The van der Waals surface area contributed by atoms with Crippen LogP contribution < -0.4 is 4.74 Å². The Balaban J connectivity index is 1.63. The van der Waals surface area contributed by atoms with Crippen LogP contribution in [-0.4, -0.2) is 56.3 Å². The van der Waals surface area contributed by atoms with E-state index in [4.69, 9.17) is 4.74 Å². The predicted octanol–water partition coefficient (Wildman–Crippen LogP) is 2.91. The zero-order valence-corrected chi connectivity index (χ0v) is 17.2. The number of rotatable bonds is 6. The van der Waals surface area contributed by atoms with Gasteiger partial charge >= 0.3 is 0 Å². The van der Waals surface area contributed by atoms with Crippen LogP contribution in [0, 0.1) is 11.6 Å². The highest BCUT2D eigenvalue weighted by Gasteiger charge is 2.30. The second-order valence-electron chi connectivity index (χ2n) is 6.61. The van der Waals surface area contributed by atoms with Gasteiger partial charge in [-0.15, -0.1) is 0 Å². The van der Waals surface area contributed by atoms with Crippen molar-refractivity contribution in [2.45, 2.75) is 11.8 Å². The maximum Gasteiger partial charge on any atom is 0.246 e. The maximum absolute atomic E-state index is 13.4. The fraction of sp³-hybridized carbons (Fsp3) is 0.286. The summed E-state index contributed by atoms with van der Waals surface area (Å²) < 4.78 is 58.5. The number of sulfonamides is 1. The van der Waals surface area contributed by atoms with Gasteiger partial charge in [0.1, 0.15) is 5.75 Å². The van der Waals surface area contributed by atoms with Crippen LogP contribution in [0.1, 0.15) is 12.5 Å². The lowest BCUT2D eigenvalue weighted by atomic mass is 10.2. The quantitative estimate of drug-likeness (QED) is 0.653. The summed E-state index contributed by atoms with van der Waals surface area (Å²) in [4.78, 5) is 13.7. The molecule has 0 bridgehead atoms. The standard InChI is InChI=1S/C21H22F2N2O4S/c1-2-29-20-6-4-3-5-16(20)7-10-21(26)24-11-13-25(14-12-24)30(27,28)17-8-9-18(22)19(23)15-17/h3-10,15H,2,11-14H2,1H3/b10-7+. The van der Waals surface area contributed by atoms with E-state index >= 15 is 0 Å². The number of hydrogen-bond donors (Lipinski definition) is 0. The minimum Gasteiger partial charge on any atom is -0.493 e. The summed E-state index contributed by atoms with van der Waals surface area (Å²) in [5.41, 5.74) is 0.771. The number of ether oxygens (including phenoxy) is 1. The van der Waals surface area contributed by atoms with Crippen molar-refractivity contribution in [3.63, 3.8) is 0 Å². The number of amides is 1. The van der Waals surface area contributed by atoms with Crippen LogP contribution in [0.4, 0.5) is 8.78 Å². The molecule has 2 aromatic rings. The lowest BCUT2D eigenvalue weighted by Gasteiger charge is -2.33. The highest BCUT2D eigenvalue weighted by molar-refractivity contribution is 7.89. The molecule has 1 fully saturated rings. The minimum absolute atomic E-state index is 0.0659. The Hall–Kier alpha value is -2.78. The van der Waals surface area contributed by atoms with Crippen molar-refractivity contribution in [1.29, 1.82) is 0 Å². The normalized spacial score (nSPS) is 15.5. The third kappa shape index (κ3) is 4.85. The molecule has 0 spiro atoms. The second kappa shape index (κ2) is 9.36. The number of piperazine rings is 1. The molecule has 9 heteroatoms. The second-order valence-corrected chi connectivity index (χ2v) is 8.55. The van der Waals surface area contributed by atoms with Gasteiger partial charge in [-0.3, -0.25) is 4.79 Å². The molecule has 0 radical (unpaired) electrons. The fourth-order valence-electron chi connectivity index (χ4n) is 3.11. The van der Waals surface area contributed by atoms with Crippen LogP contribution in [-0.2, 0) is 14.8 Å². The highest BCUT2D eigenvalue weighted by Crippen LogP contribution is 2.21. The first-order chi connectivity index (χ1) is 14.3. The Morgan fingerprint density at radius 1 is 1.07 bits per heavy atom. The zero-order chi connectivity index (χ0) is 21.7. The lowest BCUT2D eigenvalue weighted by Crippen LogP contribution is -2.50. The van der Waals surface area contributed by atoms with Crippen LogP contribution in [0.5, 0.6) is 5.75 Å². The van der Waals surface area contributed by atoms with Crippen molar-refractivity contribution < 1.29 is 26.7 Å². The van der Waals surface area contributed by atoms with E-state index in [-0.39, 0.29) is 37.0 Å². The van der Waals surface area contributed by atoms with Crippen LogP contribution in [0.25, 0.3) is 6.08 Å². The molecule has 1 saturated heterocycles. The molecule has 0 atom stereocenters. The topological polar surface area (TPSA) is 66.9 Å². The third-order valence-electron chi connectivity index (χ3n) is 4.70. The maximum atomic E-state index is 13.4. The summed E-state index contributed by atoms with van der Waals surface area (Å²) in [5.74, 6) is -1.90. The van der Waals surface area contributed by atoms with Gasteiger partial charge in [-0.2, -0.15) is 4.31 Å². The molecule has 0 N–H and O–H groups in total. The first-order valence-electron chi connectivity index (χ1n) is 9.47. The minimum atomic E-state index is -3.96. The Morgan fingerprint density at radius 2 is 1.77 bits per heavy atom. The Kier molecular flexibility index (Phi) is 6.84. The van der Waals surface area contributed by atoms with Crippen molar-refractivity contribution in [1.82, 2.24) is 9.21 Å². The van der Waals surface area contributed by atoms with E-state index in [1.165, 1.54) is 11.0 Å². The lowest BCUT2D eigenvalue weighted by molar-refractivity contribution is -0.127. The third-order valence-corrected chi connectivity index (χ3v) is 6.60. The van der Waals surface area contributed by atoms with Gasteiger partial charge < -0.3 is 9.64 Å². The molecule has 1 aliphatic rings. The molecule has 0 unspecified atom stereocenters. The first kappa shape index (κ1) is 21.9. The number of halogens is 2. The molecular weight excluding hydrogens is 414 g/mol. The Labute approximate surface area is 174 Å². The van der Waals surface area contributed by atoms with E-state index in [1.807, 2.05) is 31.2 Å². The van der Waals surface area contributed by atoms with Gasteiger partial charge in [0, 0.05) is 37.8 Å². The van der Waals surface area contributed by atoms with Crippen molar-refractivity contribution in [2.24, 2.45) is 0 Å². The largest absolute Gasteiger partial charge is 0.493 e. The SMILES string of the molecule is CCOc1ccccc1/C=C/C(=O)N1CCN(S(=O)(=O)c2ccc(F)c(F)c2)CC1. The van der Waals surface area contributed by atoms with Crippen LogP contribution in [0.3, 0.4) is 0 Å². The number of carbonyl (C=O) groups is 1. The van der Waals surface area contributed by atoms with Crippen LogP contribution in [0.2, 0.25) is 0 Å². The molecule has 0 aromatic heterocycles. The smallest absolute Gasteiger partial charge is 0.246 e. The summed E-state index contributed by atoms with van der Waals surface area (Å²) in [6.45, 7) is 2.90. The Bertz CT molecular complexity index is 1050. The molecule has 30 heavy (non-hydrogen) atoms. The summed E-state index contributed by atoms with van der Waals surface area (Å²) in [5, 5.41) is 0. The number of benzene rings is 2. The van der Waals surface area contributed by atoms with Gasteiger partial charge in [0.05, 0.1) is 11.5 Å². The number of hydrogen-bond acceptors (Lipinski definition) is 4. The van der Waals surface area contributed by atoms with E-state index < -0.39 is 21.7 Å². The van der Waals surface area contributed by atoms with Crippen molar-refractivity contribution >= 4 is 22.0 Å². The molecule has 6 nitrogen and oxygen atoms in total. The average Bonchev–Trinajstić information content (AvgIpc) is 2.75. The Morgan fingerprint density at radius 3 is 2.43 bits per heavy atom. The number of nitrogens with zero attached hydrogens (tertiary/aromatic N) is 2. The van der Waals surface area contributed by atoms with Crippen LogP contribution in [0.15, 0.2) is 53.4 Å². The van der Waals surface area contributed by atoms with Gasteiger partial charge in [-0.05, 0) is 37.3 Å². The summed E-state index contributed by atoms with van der Waals surface area (Å²) in [6.07, 6.45) is 3.09. The first-order valence-corrected chi connectivity index (χ1v) is 10.9.